The number of rotatable bonds is 4. The van der Waals surface area contributed by atoms with Crippen LogP contribution in [0.4, 0.5) is 4.79 Å². The smallest absolute Gasteiger partial charge is 0.338 e. The molecule has 6 heteroatoms. The standard InChI is InChI=1S/C21H24N2O4/c1-14(19(24)23-21(26)22-18-9-3-2-4-10-18)27-20(25)17-12-11-15-7-5-6-8-16(15)13-17/h5-8,11-14,18H,2-4,9-10H2,1H3,(H2,22,23,24,26)/t14-/m0/s1. The van der Waals surface area contributed by atoms with E-state index in [-0.39, 0.29) is 6.04 Å². The molecule has 2 N–H and O–H groups in total. The van der Waals surface area contributed by atoms with Crippen molar-refractivity contribution in [3.8, 4) is 0 Å². The van der Waals surface area contributed by atoms with Crippen molar-refractivity contribution in [3.63, 3.8) is 0 Å². The number of imide groups is 1. The predicted molar refractivity (Wildman–Crippen MR) is 102 cm³/mol. The molecule has 0 heterocycles. The minimum atomic E-state index is -1.07. The fourth-order valence-electron chi connectivity index (χ4n) is 3.28. The Morgan fingerprint density at radius 1 is 1.00 bits per heavy atom. The molecule has 1 aliphatic carbocycles. The number of esters is 1. The summed E-state index contributed by atoms with van der Waals surface area (Å²) in [6.45, 7) is 1.45. The van der Waals surface area contributed by atoms with E-state index in [0.717, 1.165) is 36.5 Å². The topological polar surface area (TPSA) is 84.5 Å². The number of carbonyl (C=O) groups excluding carboxylic acids is 3. The molecule has 3 amide bonds. The van der Waals surface area contributed by atoms with E-state index in [9.17, 15) is 14.4 Å². The molecular weight excluding hydrogens is 344 g/mol. The van der Waals surface area contributed by atoms with Crippen molar-refractivity contribution < 1.29 is 19.1 Å². The average molecular weight is 368 g/mol. The second-order valence-corrected chi connectivity index (χ2v) is 6.91. The van der Waals surface area contributed by atoms with Crippen LogP contribution in [0.3, 0.4) is 0 Å². The number of ether oxygens (including phenoxy) is 1. The third-order valence-corrected chi connectivity index (χ3v) is 4.82. The highest BCUT2D eigenvalue weighted by Crippen LogP contribution is 2.18. The van der Waals surface area contributed by atoms with E-state index < -0.39 is 24.0 Å². The fraction of sp³-hybridized carbons (Fsp3) is 0.381. The second-order valence-electron chi connectivity index (χ2n) is 6.91. The van der Waals surface area contributed by atoms with Crippen LogP contribution in [0.5, 0.6) is 0 Å². The first-order valence-electron chi connectivity index (χ1n) is 9.34. The van der Waals surface area contributed by atoms with Gasteiger partial charge in [-0.15, -0.1) is 0 Å². The fourth-order valence-corrected chi connectivity index (χ4v) is 3.28. The number of hydrogen-bond acceptors (Lipinski definition) is 4. The molecular formula is C21H24N2O4. The minimum Gasteiger partial charge on any atom is -0.449 e. The average Bonchev–Trinajstić information content (AvgIpc) is 2.68. The number of fused-ring (bicyclic) bond motifs is 1. The lowest BCUT2D eigenvalue weighted by atomic mass is 9.96. The molecule has 0 aromatic heterocycles. The molecule has 2 aromatic rings. The first-order chi connectivity index (χ1) is 13.0. The van der Waals surface area contributed by atoms with Gasteiger partial charge >= 0.3 is 12.0 Å². The monoisotopic (exact) mass is 368 g/mol. The molecule has 0 spiro atoms. The van der Waals surface area contributed by atoms with Crippen LogP contribution in [0, 0.1) is 0 Å². The molecule has 1 aliphatic rings. The van der Waals surface area contributed by atoms with Gasteiger partial charge in [0.1, 0.15) is 0 Å². The Labute approximate surface area is 158 Å². The Bertz CT molecular complexity index is 843. The van der Waals surface area contributed by atoms with Gasteiger partial charge in [0.25, 0.3) is 5.91 Å². The Morgan fingerprint density at radius 2 is 1.70 bits per heavy atom. The van der Waals surface area contributed by atoms with Crippen LogP contribution in [0.15, 0.2) is 42.5 Å². The van der Waals surface area contributed by atoms with Crippen LogP contribution in [0.1, 0.15) is 49.4 Å². The van der Waals surface area contributed by atoms with Crippen molar-refractivity contribution in [1.29, 1.82) is 0 Å². The second kappa shape index (κ2) is 8.66. The minimum absolute atomic E-state index is 0.0991. The summed E-state index contributed by atoms with van der Waals surface area (Å²) in [6, 6.07) is 12.4. The number of hydrogen-bond donors (Lipinski definition) is 2. The summed E-state index contributed by atoms with van der Waals surface area (Å²) in [7, 11) is 0. The normalized spacial score (nSPS) is 15.7. The Kier molecular flexibility index (Phi) is 6.06. The molecule has 142 valence electrons. The lowest BCUT2D eigenvalue weighted by Crippen LogP contribution is -2.48. The van der Waals surface area contributed by atoms with Gasteiger partial charge in [-0.2, -0.15) is 0 Å². The highest BCUT2D eigenvalue weighted by molar-refractivity contribution is 5.99. The maximum Gasteiger partial charge on any atom is 0.338 e. The lowest BCUT2D eigenvalue weighted by Gasteiger charge is -2.23. The summed E-state index contributed by atoms with van der Waals surface area (Å²) >= 11 is 0. The van der Waals surface area contributed by atoms with E-state index >= 15 is 0 Å². The van der Waals surface area contributed by atoms with E-state index in [2.05, 4.69) is 10.6 Å². The molecule has 6 nitrogen and oxygen atoms in total. The first-order valence-corrected chi connectivity index (χ1v) is 9.34. The molecule has 1 saturated carbocycles. The molecule has 27 heavy (non-hydrogen) atoms. The van der Waals surface area contributed by atoms with Crippen LogP contribution in [0.25, 0.3) is 10.8 Å². The van der Waals surface area contributed by atoms with Crippen molar-refractivity contribution in [1.82, 2.24) is 10.6 Å². The summed E-state index contributed by atoms with van der Waals surface area (Å²) in [5.74, 6) is -1.24. The van der Waals surface area contributed by atoms with E-state index in [1.54, 1.807) is 12.1 Å². The van der Waals surface area contributed by atoms with Crippen LogP contribution >= 0.6 is 0 Å². The van der Waals surface area contributed by atoms with Gasteiger partial charge in [-0.25, -0.2) is 9.59 Å². The van der Waals surface area contributed by atoms with Gasteiger partial charge in [-0.05, 0) is 42.7 Å². The van der Waals surface area contributed by atoms with Gasteiger partial charge in [0.15, 0.2) is 6.10 Å². The lowest BCUT2D eigenvalue weighted by molar-refractivity contribution is -0.127. The summed E-state index contributed by atoms with van der Waals surface area (Å²) < 4.78 is 5.21. The SMILES string of the molecule is C[C@H](OC(=O)c1ccc2ccccc2c1)C(=O)NC(=O)NC1CCCCC1. The van der Waals surface area contributed by atoms with Crippen molar-refractivity contribution in [3.05, 3.63) is 48.0 Å². The molecule has 0 unspecified atom stereocenters. The van der Waals surface area contributed by atoms with Gasteiger partial charge in [-0.3, -0.25) is 10.1 Å². The van der Waals surface area contributed by atoms with E-state index in [0.29, 0.717) is 5.56 Å². The van der Waals surface area contributed by atoms with Crippen LogP contribution in [0.2, 0.25) is 0 Å². The maximum absolute atomic E-state index is 12.3. The van der Waals surface area contributed by atoms with E-state index in [1.807, 2.05) is 30.3 Å². The molecule has 0 radical (unpaired) electrons. The molecule has 0 saturated heterocycles. The van der Waals surface area contributed by atoms with Gasteiger partial charge in [0.05, 0.1) is 5.56 Å². The molecule has 1 fully saturated rings. The number of carbonyl (C=O) groups is 3. The van der Waals surface area contributed by atoms with E-state index in [4.69, 9.17) is 4.74 Å². The number of urea groups is 1. The van der Waals surface area contributed by atoms with Gasteiger partial charge in [0, 0.05) is 6.04 Å². The number of nitrogens with one attached hydrogen (secondary N) is 2. The van der Waals surface area contributed by atoms with Gasteiger partial charge in [0.2, 0.25) is 0 Å². The molecule has 1 atom stereocenters. The summed E-state index contributed by atoms with van der Waals surface area (Å²) in [5.41, 5.74) is 0.361. The van der Waals surface area contributed by atoms with Crippen molar-refractivity contribution >= 4 is 28.7 Å². The summed E-state index contributed by atoms with van der Waals surface area (Å²) in [6.07, 6.45) is 4.13. The Balaban J connectivity index is 1.53. The highest BCUT2D eigenvalue weighted by Gasteiger charge is 2.22. The van der Waals surface area contributed by atoms with Crippen LogP contribution in [-0.2, 0) is 9.53 Å². The van der Waals surface area contributed by atoms with E-state index in [1.165, 1.54) is 13.3 Å². The Morgan fingerprint density at radius 3 is 2.44 bits per heavy atom. The molecule has 0 aliphatic heterocycles. The van der Waals surface area contributed by atoms with Gasteiger partial charge < -0.3 is 10.1 Å². The predicted octanol–water partition coefficient (Wildman–Crippen LogP) is 3.54. The Hall–Kier alpha value is -2.89. The highest BCUT2D eigenvalue weighted by atomic mass is 16.5. The molecule has 3 rings (SSSR count). The molecule has 2 aromatic carbocycles. The maximum atomic E-state index is 12.3. The number of amides is 3. The summed E-state index contributed by atoms with van der Waals surface area (Å²) in [4.78, 5) is 36.4. The zero-order chi connectivity index (χ0) is 19.2. The first kappa shape index (κ1) is 18.9. The van der Waals surface area contributed by atoms with Gasteiger partial charge in [-0.1, -0.05) is 49.6 Å². The van der Waals surface area contributed by atoms with Crippen LogP contribution in [-0.4, -0.2) is 30.1 Å². The van der Waals surface area contributed by atoms with Crippen molar-refractivity contribution in [2.75, 3.05) is 0 Å². The zero-order valence-corrected chi connectivity index (χ0v) is 15.4. The van der Waals surface area contributed by atoms with Crippen molar-refractivity contribution in [2.45, 2.75) is 51.2 Å². The third kappa shape index (κ3) is 5.06. The quantitative estimate of drug-likeness (QED) is 0.809. The van der Waals surface area contributed by atoms with Crippen LogP contribution < -0.4 is 10.6 Å². The number of benzene rings is 2. The van der Waals surface area contributed by atoms with Crippen molar-refractivity contribution in [2.24, 2.45) is 0 Å². The largest absolute Gasteiger partial charge is 0.449 e. The summed E-state index contributed by atoms with van der Waals surface area (Å²) in [5, 5.41) is 6.97. The molecule has 0 bridgehead atoms. The third-order valence-electron chi connectivity index (χ3n) is 4.82. The zero-order valence-electron chi connectivity index (χ0n) is 15.4.